The topological polar surface area (TPSA) is 97.4 Å². The predicted octanol–water partition coefficient (Wildman–Crippen LogP) is 3.29. The minimum Gasteiger partial charge on any atom is -0.465 e. The van der Waals surface area contributed by atoms with E-state index < -0.39 is 5.97 Å². The molecule has 132 valence electrons. The molecule has 0 unspecified atom stereocenters. The second-order valence-corrected chi connectivity index (χ2v) is 6.44. The molecule has 3 rings (SSSR count). The van der Waals surface area contributed by atoms with Gasteiger partial charge in [0, 0.05) is 18.2 Å². The zero-order chi connectivity index (χ0) is 18.7. The summed E-state index contributed by atoms with van der Waals surface area (Å²) in [5, 5.41) is 5.89. The van der Waals surface area contributed by atoms with E-state index >= 15 is 0 Å². The molecule has 0 aliphatic heterocycles. The molecule has 0 fully saturated rings. The molecular formula is C18H15N3O4S. The van der Waals surface area contributed by atoms with Crippen LogP contribution in [0.15, 0.2) is 42.5 Å². The van der Waals surface area contributed by atoms with Crippen LogP contribution in [-0.4, -0.2) is 29.9 Å². The minimum absolute atomic E-state index is 0.197. The number of amides is 2. The number of hydrogen-bond acceptors (Lipinski definition) is 6. The molecule has 2 aromatic carbocycles. The standard InChI is InChI=1S/C18H15N3O4S/c1-10(22)19-18-21-14-8-5-12(9-15(14)26-18)16(23)20-13-6-3-11(4-7-13)17(24)25-2/h3-9H,1-2H3,(H,20,23)(H,19,21,22). The van der Waals surface area contributed by atoms with Crippen molar-refractivity contribution in [1.82, 2.24) is 4.98 Å². The normalized spacial score (nSPS) is 10.4. The van der Waals surface area contributed by atoms with Crippen molar-refractivity contribution in [3.05, 3.63) is 53.6 Å². The van der Waals surface area contributed by atoms with Gasteiger partial charge in [-0.1, -0.05) is 11.3 Å². The lowest BCUT2D eigenvalue weighted by atomic mass is 10.1. The molecule has 1 aromatic heterocycles. The van der Waals surface area contributed by atoms with Crippen molar-refractivity contribution in [1.29, 1.82) is 0 Å². The fourth-order valence-corrected chi connectivity index (χ4v) is 3.23. The van der Waals surface area contributed by atoms with E-state index in [2.05, 4.69) is 20.4 Å². The van der Waals surface area contributed by atoms with Gasteiger partial charge in [-0.15, -0.1) is 0 Å². The summed E-state index contributed by atoms with van der Waals surface area (Å²) in [6, 6.07) is 11.5. The van der Waals surface area contributed by atoms with Gasteiger partial charge in [-0.2, -0.15) is 0 Å². The Morgan fingerprint density at radius 3 is 2.35 bits per heavy atom. The largest absolute Gasteiger partial charge is 0.465 e. The number of thiazole rings is 1. The summed E-state index contributed by atoms with van der Waals surface area (Å²) in [6.07, 6.45) is 0. The number of carbonyl (C=O) groups excluding carboxylic acids is 3. The number of esters is 1. The quantitative estimate of drug-likeness (QED) is 0.688. The van der Waals surface area contributed by atoms with Crippen LogP contribution in [0.4, 0.5) is 10.8 Å². The number of nitrogens with zero attached hydrogens (tertiary/aromatic N) is 1. The van der Waals surface area contributed by atoms with Gasteiger partial charge in [0.25, 0.3) is 5.91 Å². The summed E-state index contributed by atoms with van der Waals surface area (Å²) >= 11 is 1.30. The van der Waals surface area contributed by atoms with E-state index in [1.54, 1.807) is 42.5 Å². The summed E-state index contributed by atoms with van der Waals surface area (Å²) < 4.78 is 5.43. The fourth-order valence-electron chi connectivity index (χ4n) is 2.28. The summed E-state index contributed by atoms with van der Waals surface area (Å²) in [7, 11) is 1.31. The number of nitrogens with one attached hydrogen (secondary N) is 2. The highest BCUT2D eigenvalue weighted by Gasteiger charge is 2.11. The molecule has 2 N–H and O–H groups in total. The maximum absolute atomic E-state index is 12.4. The maximum atomic E-state index is 12.4. The van der Waals surface area contributed by atoms with Crippen molar-refractivity contribution < 1.29 is 19.1 Å². The van der Waals surface area contributed by atoms with E-state index in [1.165, 1.54) is 25.4 Å². The molecule has 0 atom stereocenters. The second kappa shape index (κ2) is 7.32. The van der Waals surface area contributed by atoms with Crippen LogP contribution in [0.25, 0.3) is 10.2 Å². The van der Waals surface area contributed by atoms with Gasteiger partial charge in [0.2, 0.25) is 5.91 Å². The van der Waals surface area contributed by atoms with Crippen LogP contribution in [0, 0.1) is 0 Å². The lowest BCUT2D eigenvalue weighted by molar-refractivity contribution is -0.114. The molecule has 0 bridgehead atoms. The third-order valence-electron chi connectivity index (χ3n) is 3.50. The Balaban J connectivity index is 1.76. The number of methoxy groups -OCH3 is 1. The van der Waals surface area contributed by atoms with E-state index in [4.69, 9.17) is 0 Å². The number of fused-ring (bicyclic) bond motifs is 1. The Morgan fingerprint density at radius 2 is 1.69 bits per heavy atom. The number of rotatable bonds is 4. The number of carbonyl (C=O) groups is 3. The molecule has 3 aromatic rings. The van der Waals surface area contributed by atoms with Crippen LogP contribution in [0.2, 0.25) is 0 Å². The first-order valence-electron chi connectivity index (χ1n) is 7.64. The van der Waals surface area contributed by atoms with E-state index in [-0.39, 0.29) is 11.8 Å². The van der Waals surface area contributed by atoms with E-state index in [9.17, 15) is 14.4 Å². The van der Waals surface area contributed by atoms with Crippen LogP contribution in [-0.2, 0) is 9.53 Å². The van der Waals surface area contributed by atoms with Gasteiger partial charge >= 0.3 is 5.97 Å². The van der Waals surface area contributed by atoms with Crippen LogP contribution in [0.1, 0.15) is 27.6 Å². The third-order valence-corrected chi connectivity index (χ3v) is 4.43. The van der Waals surface area contributed by atoms with E-state index in [0.29, 0.717) is 27.5 Å². The molecule has 0 radical (unpaired) electrons. The van der Waals surface area contributed by atoms with Crippen molar-refractivity contribution in [3.63, 3.8) is 0 Å². The molecule has 8 heteroatoms. The predicted molar refractivity (Wildman–Crippen MR) is 99.7 cm³/mol. The van der Waals surface area contributed by atoms with Gasteiger partial charge in [0.1, 0.15) is 0 Å². The molecule has 0 aliphatic rings. The molecule has 0 aliphatic carbocycles. The van der Waals surface area contributed by atoms with Crippen LogP contribution in [0.5, 0.6) is 0 Å². The SMILES string of the molecule is COC(=O)c1ccc(NC(=O)c2ccc3nc(NC(C)=O)sc3c2)cc1. The Morgan fingerprint density at radius 1 is 1.00 bits per heavy atom. The lowest BCUT2D eigenvalue weighted by Crippen LogP contribution is -2.12. The van der Waals surface area contributed by atoms with Crippen molar-refractivity contribution >= 4 is 50.2 Å². The van der Waals surface area contributed by atoms with Crippen LogP contribution in [0.3, 0.4) is 0 Å². The number of hydrogen-bond donors (Lipinski definition) is 2. The fraction of sp³-hybridized carbons (Fsp3) is 0.111. The third kappa shape index (κ3) is 3.86. The van der Waals surface area contributed by atoms with E-state index in [0.717, 1.165) is 4.70 Å². The summed E-state index contributed by atoms with van der Waals surface area (Å²) in [5.41, 5.74) is 2.14. The van der Waals surface area contributed by atoms with Gasteiger partial charge in [0.05, 0.1) is 22.9 Å². The minimum atomic E-state index is -0.437. The van der Waals surface area contributed by atoms with Gasteiger partial charge in [-0.3, -0.25) is 9.59 Å². The second-order valence-electron chi connectivity index (χ2n) is 5.41. The first kappa shape index (κ1) is 17.6. The summed E-state index contributed by atoms with van der Waals surface area (Å²) in [4.78, 5) is 39.2. The van der Waals surface area contributed by atoms with Crippen molar-refractivity contribution in [2.45, 2.75) is 6.92 Å². The van der Waals surface area contributed by atoms with Crippen molar-refractivity contribution in [2.75, 3.05) is 17.7 Å². The number of benzene rings is 2. The first-order chi connectivity index (χ1) is 12.5. The zero-order valence-electron chi connectivity index (χ0n) is 14.0. The van der Waals surface area contributed by atoms with Crippen LogP contribution >= 0.6 is 11.3 Å². The molecule has 2 amide bonds. The molecule has 0 saturated carbocycles. The molecule has 7 nitrogen and oxygen atoms in total. The maximum Gasteiger partial charge on any atom is 0.337 e. The molecule has 26 heavy (non-hydrogen) atoms. The van der Waals surface area contributed by atoms with E-state index in [1.807, 2.05) is 0 Å². The Kier molecular flexibility index (Phi) is 4.94. The number of aromatic nitrogens is 1. The molecule has 0 spiro atoms. The number of anilines is 2. The van der Waals surface area contributed by atoms with Gasteiger partial charge in [-0.25, -0.2) is 9.78 Å². The smallest absolute Gasteiger partial charge is 0.337 e. The van der Waals surface area contributed by atoms with Crippen molar-refractivity contribution in [2.24, 2.45) is 0 Å². The highest BCUT2D eigenvalue weighted by Crippen LogP contribution is 2.27. The van der Waals surface area contributed by atoms with Crippen molar-refractivity contribution in [3.8, 4) is 0 Å². The molecule has 0 saturated heterocycles. The average Bonchev–Trinajstić information content (AvgIpc) is 3.02. The van der Waals surface area contributed by atoms with Gasteiger partial charge in [-0.05, 0) is 42.5 Å². The Hall–Kier alpha value is -3.26. The highest BCUT2D eigenvalue weighted by molar-refractivity contribution is 7.22. The average molecular weight is 369 g/mol. The number of ether oxygens (including phenoxy) is 1. The monoisotopic (exact) mass is 369 g/mol. The summed E-state index contributed by atoms with van der Waals surface area (Å²) in [5.74, 6) is -0.918. The first-order valence-corrected chi connectivity index (χ1v) is 8.46. The summed E-state index contributed by atoms with van der Waals surface area (Å²) in [6.45, 7) is 1.41. The molecule has 1 heterocycles. The Labute approximate surface area is 153 Å². The zero-order valence-corrected chi connectivity index (χ0v) is 14.8. The van der Waals surface area contributed by atoms with Gasteiger partial charge < -0.3 is 15.4 Å². The molecular weight excluding hydrogens is 354 g/mol. The van der Waals surface area contributed by atoms with Gasteiger partial charge in [0.15, 0.2) is 5.13 Å². The Bertz CT molecular complexity index is 995. The highest BCUT2D eigenvalue weighted by atomic mass is 32.1. The lowest BCUT2D eigenvalue weighted by Gasteiger charge is -2.06. The van der Waals surface area contributed by atoms with Crippen LogP contribution < -0.4 is 10.6 Å².